The second-order valence-corrected chi connectivity index (χ2v) is 7.35. The van der Waals surface area contributed by atoms with Crippen LogP contribution in [0, 0.1) is 5.92 Å². The van der Waals surface area contributed by atoms with Gasteiger partial charge in [-0.05, 0) is 24.1 Å². The van der Waals surface area contributed by atoms with Crippen LogP contribution in [0.4, 0.5) is 0 Å². The highest BCUT2D eigenvalue weighted by atomic mass is 35.7. The lowest BCUT2D eigenvalue weighted by Crippen LogP contribution is -2.28. The predicted octanol–water partition coefficient (Wildman–Crippen LogP) is 1.94. The van der Waals surface area contributed by atoms with Gasteiger partial charge in [0.25, 0.3) is 9.05 Å². The maximum atomic E-state index is 11.8. The summed E-state index contributed by atoms with van der Waals surface area (Å²) in [5.41, 5.74) is 0.482. The first-order valence-corrected chi connectivity index (χ1v) is 8.43. The molecular formula is C13H18ClNO4S. The molecule has 1 aromatic rings. The van der Waals surface area contributed by atoms with Crippen molar-refractivity contribution in [3.05, 3.63) is 23.8 Å². The second kappa shape index (κ2) is 6.95. The molecule has 0 aliphatic carbocycles. The molecular weight excluding hydrogens is 302 g/mol. The van der Waals surface area contributed by atoms with Gasteiger partial charge in [0.2, 0.25) is 5.91 Å². The SMILES string of the molecule is COc1ccc(S(=O)(=O)Cl)cc1CC(=O)NCC(C)C. The lowest BCUT2D eigenvalue weighted by Gasteiger charge is -2.11. The summed E-state index contributed by atoms with van der Waals surface area (Å²) < 4.78 is 27.7. The van der Waals surface area contributed by atoms with Crippen molar-refractivity contribution < 1.29 is 17.9 Å². The number of rotatable bonds is 6. The van der Waals surface area contributed by atoms with Crippen molar-refractivity contribution in [3.63, 3.8) is 0 Å². The van der Waals surface area contributed by atoms with Crippen LogP contribution in [0.15, 0.2) is 23.1 Å². The summed E-state index contributed by atoms with van der Waals surface area (Å²) in [6, 6.07) is 4.19. The van der Waals surface area contributed by atoms with Crippen LogP contribution in [0.25, 0.3) is 0 Å². The quantitative estimate of drug-likeness (QED) is 0.813. The Kier molecular flexibility index (Phi) is 5.83. The summed E-state index contributed by atoms with van der Waals surface area (Å²) in [6.45, 7) is 4.54. The molecule has 0 aromatic heterocycles. The van der Waals surface area contributed by atoms with Gasteiger partial charge in [-0.3, -0.25) is 4.79 Å². The predicted molar refractivity (Wildman–Crippen MR) is 77.6 cm³/mol. The molecule has 0 heterocycles. The molecule has 7 heteroatoms. The molecule has 0 atom stereocenters. The number of benzene rings is 1. The van der Waals surface area contributed by atoms with Crippen LogP contribution in [0.2, 0.25) is 0 Å². The molecule has 0 aliphatic heterocycles. The van der Waals surface area contributed by atoms with E-state index in [-0.39, 0.29) is 17.2 Å². The van der Waals surface area contributed by atoms with E-state index in [0.29, 0.717) is 23.8 Å². The lowest BCUT2D eigenvalue weighted by molar-refractivity contribution is -0.120. The molecule has 0 radical (unpaired) electrons. The average Bonchev–Trinajstić information content (AvgIpc) is 2.35. The molecule has 0 spiro atoms. The fourth-order valence-electron chi connectivity index (χ4n) is 1.60. The van der Waals surface area contributed by atoms with Crippen molar-refractivity contribution in [2.45, 2.75) is 25.2 Å². The van der Waals surface area contributed by atoms with Crippen LogP contribution in [-0.4, -0.2) is 28.0 Å². The number of ether oxygens (including phenoxy) is 1. The third-order valence-electron chi connectivity index (χ3n) is 2.59. The minimum absolute atomic E-state index is 0.0378. The minimum atomic E-state index is -3.83. The topological polar surface area (TPSA) is 72.5 Å². The highest BCUT2D eigenvalue weighted by Crippen LogP contribution is 2.24. The normalized spacial score (nSPS) is 11.4. The number of halogens is 1. The van der Waals surface area contributed by atoms with Crippen molar-refractivity contribution in [1.29, 1.82) is 0 Å². The molecule has 0 aliphatic rings. The standard InChI is InChI=1S/C13H18ClNO4S/c1-9(2)8-15-13(16)7-10-6-11(20(14,17)18)4-5-12(10)19-3/h4-6,9H,7-8H2,1-3H3,(H,15,16). The Morgan fingerprint density at radius 3 is 2.55 bits per heavy atom. The summed E-state index contributed by atoms with van der Waals surface area (Å²) in [6.07, 6.45) is 0.0378. The maximum Gasteiger partial charge on any atom is 0.261 e. The third-order valence-corrected chi connectivity index (χ3v) is 3.94. The fourth-order valence-corrected chi connectivity index (χ4v) is 2.40. The first kappa shape index (κ1) is 16.8. The minimum Gasteiger partial charge on any atom is -0.496 e. The lowest BCUT2D eigenvalue weighted by atomic mass is 10.1. The molecule has 0 unspecified atom stereocenters. The van der Waals surface area contributed by atoms with Crippen LogP contribution < -0.4 is 10.1 Å². The fraction of sp³-hybridized carbons (Fsp3) is 0.462. The van der Waals surface area contributed by atoms with Crippen LogP contribution in [0.3, 0.4) is 0 Å². The van der Waals surface area contributed by atoms with Crippen LogP contribution in [-0.2, 0) is 20.3 Å². The number of amides is 1. The van der Waals surface area contributed by atoms with Crippen molar-refractivity contribution in [2.75, 3.05) is 13.7 Å². The van der Waals surface area contributed by atoms with E-state index < -0.39 is 9.05 Å². The molecule has 20 heavy (non-hydrogen) atoms. The maximum absolute atomic E-state index is 11.8. The van der Waals surface area contributed by atoms with E-state index in [0.717, 1.165) is 0 Å². The van der Waals surface area contributed by atoms with E-state index in [4.69, 9.17) is 15.4 Å². The van der Waals surface area contributed by atoms with Crippen molar-refractivity contribution in [3.8, 4) is 5.75 Å². The zero-order valence-corrected chi connectivity index (χ0v) is 13.2. The summed E-state index contributed by atoms with van der Waals surface area (Å²) in [4.78, 5) is 11.7. The van der Waals surface area contributed by atoms with Gasteiger partial charge in [0.1, 0.15) is 5.75 Å². The van der Waals surface area contributed by atoms with Crippen molar-refractivity contribution in [1.82, 2.24) is 5.32 Å². The monoisotopic (exact) mass is 319 g/mol. The van der Waals surface area contributed by atoms with E-state index in [1.54, 1.807) is 0 Å². The first-order valence-electron chi connectivity index (χ1n) is 6.12. The molecule has 0 saturated carbocycles. The molecule has 0 bridgehead atoms. The van der Waals surface area contributed by atoms with Gasteiger partial charge in [-0.25, -0.2) is 8.42 Å². The molecule has 0 saturated heterocycles. The Balaban J connectivity index is 2.95. The van der Waals surface area contributed by atoms with Crippen molar-refractivity contribution >= 4 is 25.6 Å². The molecule has 0 fully saturated rings. The van der Waals surface area contributed by atoms with Crippen LogP contribution in [0.5, 0.6) is 5.75 Å². The second-order valence-electron chi connectivity index (χ2n) is 4.79. The van der Waals surface area contributed by atoms with Gasteiger partial charge in [0.15, 0.2) is 0 Å². The summed E-state index contributed by atoms with van der Waals surface area (Å²) in [5.74, 6) is 0.602. The van der Waals surface area contributed by atoms with Gasteiger partial charge < -0.3 is 10.1 Å². The number of carbonyl (C=O) groups is 1. The number of methoxy groups -OCH3 is 1. The number of nitrogens with one attached hydrogen (secondary N) is 1. The summed E-state index contributed by atoms with van der Waals surface area (Å²) >= 11 is 0. The van der Waals surface area contributed by atoms with Gasteiger partial charge in [0.05, 0.1) is 18.4 Å². The van der Waals surface area contributed by atoms with E-state index >= 15 is 0 Å². The van der Waals surface area contributed by atoms with Gasteiger partial charge in [0, 0.05) is 22.8 Å². The molecule has 1 N–H and O–H groups in total. The third kappa shape index (κ3) is 5.02. The molecule has 1 rings (SSSR count). The van der Waals surface area contributed by atoms with E-state index in [1.807, 2.05) is 13.8 Å². The van der Waals surface area contributed by atoms with Crippen LogP contribution in [0.1, 0.15) is 19.4 Å². The number of carbonyl (C=O) groups excluding carboxylic acids is 1. The Bertz CT molecular complexity index is 584. The van der Waals surface area contributed by atoms with E-state index in [1.165, 1.54) is 25.3 Å². The Labute approximate surface area is 123 Å². The average molecular weight is 320 g/mol. The van der Waals surface area contributed by atoms with Gasteiger partial charge in [-0.1, -0.05) is 13.8 Å². The highest BCUT2D eigenvalue weighted by molar-refractivity contribution is 8.13. The van der Waals surface area contributed by atoms with Crippen molar-refractivity contribution in [2.24, 2.45) is 5.92 Å². The van der Waals surface area contributed by atoms with Crippen LogP contribution >= 0.6 is 10.7 Å². The smallest absolute Gasteiger partial charge is 0.261 e. The zero-order valence-electron chi connectivity index (χ0n) is 11.6. The van der Waals surface area contributed by atoms with Gasteiger partial charge >= 0.3 is 0 Å². The highest BCUT2D eigenvalue weighted by Gasteiger charge is 2.15. The molecule has 1 amide bonds. The largest absolute Gasteiger partial charge is 0.496 e. The Morgan fingerprint density at radius 1 is 1.40 bits per heavy atom. The zero-order chi connectivity index (χ0) is 15.3. The molecule has 1 aromatic carbocycles. The van der Waals surface area contributed by atoms with Gasteiger partial charge in [-0.2, -0.15) is 0 Å². The van der Waals surface area contributed by atoms with Gasteiger partial charge in [-0.15, -0.1) is 0 Å². The number of hydrogen-bond acceptors (Lipinski definition) is 4. The Morgan fingerprint density at radius 2 is 2.05 bits per heavy atom. The number of hydrogen-bond donors (Lipinski definition) is 1. The van der Waals surface area contributed by atoms with E-state index in [2.05, 4.69) is 5.32 Å². The summed E-state index contributed by atoms with van der Waals surface area (Å²) in [7, 11) is 2.93. The van der Waals surface area contributed by atoms with E-state index in [9.17, 15) is 13.2 Å². The first-order chi connectivity index (χ1) is 9.24. The molecule has 112 valence electrons. The summed E-state index contributed by atoms with van der Waals surface area (Å²) in [5, 5.41) is 2.76. The Hall–Kier alpha value is -1.27. The molecule has 5 nitrogen and oxygen atoms in total.